The van der Waals surface area contributed by atoms with E-state index in [9.17, 15) is 0 Å². The normalized spacial score (nSPS) is 29.1. The Bertz CT molecular complexity index is 280. The van der Waals surface area contributed by atoms with Crippen LogP contribution in [0.1, 0.15) is 40.5 Å². The van der Waals surface area contributed by atoms with Crippen LogP contribution in [-0.2, 0) is 0 Å². The van der Waals surface area contributed by atoms with Crippen LogP contribution in [0.25, 0.3) is 0 Å². The van der Waals surface area contributed by atoms with Gasteiger partial charge in [0, 0.05) is 12.8 Å². The molecule has 0 aromatic heterocycles. The van der Waals surface area contributed by atoms with E-state index in [1.54, 1.807) is 0 Å². The van der Waals surface area contributed by atoms with Gasteiger partial charge in [0.2, 0.25) is 0 Å². The fourth-order valence-electron chi connectivity index (χ4n) is 1.94. The minimum atomic E-state index is 0.576. The highest BCUT2D eigenvalue weighted by Crippen LogP contribution is 2.24. The average Bonchev–Trinajstić information content (AvgIpc) is 2.12. The van der Waals surface area contributed by atoms with E-state index >= 15 is 0 Å². The Kier molecular flexibility index (Phi) is 4.12. The molecule has 78 valence electrons. The third kappa shape index (κ3) is 2.57. The summed E-state index contributed by atoms with van der Waals surface area (Å²) in [5, 5.41) is 0. The Hall–Kier alpha value is -0.850. The van der Waals surface area contributed by atoms with E-state index in [1.165, 1.54) is 29.6 Å². The zero-order chi connectivity index (χ0) is 10.6. The second-order valence-electron chi connectivity index (χ2n) is 4.19. The summed E-state index contributed by atoms with van der Waals surface area (Å²) >= 11 is 0. The van der Waals surface area contributed by atoms with Gasteiger partial charge in [-0.25, -0.2) is 0 Å². The van der Waals surface area contributed by atoms with Gasteiger partial charge >= 0.3 is 0 Å². The van der Waals surface area contributed by atoms with Crippen molar-refractivity contribution >= 4 is 6.21 Å². The van der Waals surface area contributed by atoms with Crippen LogP contribution in [0.5, 0.6) is 0 Å². The van der Waals surface area contributed by atoms with E-state index in [0.29, 0.717) is 5.92 Å². The molecule has 1 aliphatic rings. The molecule has 0 aromatic rings. The first kappa shape index (κ1) is 11.2. The molecule has 0 N–H and O–H groups in total. The Balaban J connectivity index is 3.09. The quantitative estimate of drug-likeness (QED) is 0.598. The number of hydrogen-bond donors (Lipinski definition) is 0. The molecule has 0 amide bonds. The summed E-state index contributed by atoms with van der Waals surface area (Å²) in [7, 11) is 0. The fraction of sp³-hybridized carbons (Fsp3) is 0.615. The minimum absolute atomic E-state index is 0.576. The molecule has 0 radical (unpaired) electrons. The molecule has 0 saturated heterocycles. The van der Waals surface area contributed by atoms with E-state index in [0.717, 1.165) is 6.54 Å². The van der Waals surface area contributed by atoms with Crippen molar-refractivity contribution in [1.29, 1.82) is 0 Å². The lowest BCUT2D eigenvalue weighted by Gasteiger charge is -2.16. The average molecular weight is 191 g/mol. The van der Waals surface area contributed by atoms with Crippen molar-refractivity contribution < 1.29 is 0 Å². The lowest BCUT2D eigenvalue weighted by Crippen LogP contribution is -2.05. The molecule has 1 nitrogen and oxygen atoms in total. The van der Waals surface area contributed by atoms with Crippen molar-refractivity contribution in [2.45, 2.75) is 40.5 Å². The third-order valence-corrected chi connectivity index (χ3v) is 2.85. The van der Waals surface area contributed by atoms with Crippen LogP contribution in [0.15, 0.2) is 27.8 Å². The summed E-state index contributed by atoms with van der Waals surface area (Å²) in [6, 6.07) is 0. The predicted molar refractivity (Wildman–Crippen MR) is 63.9 cm³/mol. The summed E-state index contributed by atoms with van der Waals surface area (Å²) in [5.74, 6) is 0.576. The van der Waals surface area contributed by atoms with Crippen molar-refractivity contribution in [2.75, 3.05) is 6.54 Å². The number of hydrogen-bond acceptors (Lipinski definition) is 1. The van der Waals surface area contributed by atoms with Gasteiger partial charge < -0.3 is 0 Å². The maximum Gasteiger partial charge on any atom is 0.0392 e. The van der Waals surface area contributed by atoms with Gasteiger partial charge in [-0.3, -0.25) is 4.99 Å². The largest absolute Gasteiger partial charge is 0.293 e. The van der Waals surface area contributed by atoms with Crippen LogP contribution in [0.2, 0.25) is 0 Å². The SMILES string of the molecule is C/C=C1CCC/N=C/C(C(C)C)=C\1C. The molecule has 0 spiro atoms. The molecule has 1 aliphatic heterocycles. The summed E-state index contributed by atoms with van der Waals surface area (Å²) in [5.41, 5.74) is 4.34. The summed E-state index contributed by atoms with van der Waals surface area (Å²) in [6.45, 7) is 9.80. The van der Waals surface area contributed by atoms with E-state index < -0.39 is 0 Å². The van der Waals surface area contributed by atoms with Crippen LogP contribution in [0.4, 0.5) is 0 Å². The van der Waals surface area contributed by atoms with E-state index in [4.69, 9.17) is 0 Å². The molecule has 0 atom stereocenters. The van der Waals surface area contributed by atoms with Crippen molar-refractivity contribution in [3.05, 3.63) is 22.8 Å². The fourth-order valence-corrected chi connectivity index (χ4v) is 1.94. The second kappa shape index (κ2) is 5.14. The molecule has 1 heterocycles. The summed E-state index contributed by atoms with van der Waals surface area (Å²) in [4.78, 5) is 4.44. The lowest BCUT2D eigenvalue weighted by molar-refractivity contribution is 0.769. The van der Waals surface area contributed by atoms with Gasteiger partial charge in [0.05, 0.1) is 0 Å². The molecule has 14 heavy (non-hydrogen) atoms. The zero-order valence-corrected chi connectivity index (χ0v) is 9.80. The van der Waals surface area contributed by atoms with E-state index in [1.807, 2.05) is 0 Å². The van der Waals surface area contributed by atoms with Crippen LogP contribution in [0.3, 0.4) is 0 Å². The molecule has 0 aliphatic carbocycles. The van der Waals surface area contributed by atoms with Crippen LogP contribution in [-0.4, -0.2) is 12.8 Å². The molecule has 0 fully saturated rings. The molecule has 0 aromatic carbocycles. The highest BCUT2D eigenvalue weighted by molar-refractivity contribution is 5.81. The maximum absolute atomic E-state index is 4.44. The van der Waals surface area contributed by atoms with Crippen molar-refractivity contribution in [3.63, 3.8) is 0 Å². The van der Waals surface area contributed by atoms with Gasteiger partial charge in [0.25, 0.3) is 0 Å². The van der Waals surface area contributed by atoms with Gasteiger partial charge in [-0.05, 0) is 49.3 Å². The molecule has 0 unspecified atom stereocenters. The van der Waals surface area contributed by atoms with Gasteiger partial charge in [-0.15, -0.1) is 0 Å². The Labute approximate surface area is 87.6 Å². The van der Waals surface area contributed by atoms with Gasteiger partial charge in [0.15, 0.2) is 0 Å². The number of rotatable bonds is 1. The Morgan fingerprint density at radius 3 is 2.71 bits per heavy atom. The summed E-state index contributed by atoms with van der Waals surface area (Å²) in [6.07, 6.45) is 6.67. The molecule has 0 bridgehead atoms. The second-order valence-corrected chi connectivity index (χ2v) is 4.19. The highest BCUT2D eigenvalue weighted by Gasteiger charge is 2.10. The number of allylic oxidation sites excluding steroid dienone is 4. The van der Waals surface area contributed by atoms with Gasteiger partial charge in [-0.2, -0.15) is 0 Å². The van der Waals surface area contributed by atoms with Gasteiger partial charge in [0.1, 0.15) is 0 Å². The zero-order valence-electron chi connectivity index (χ0n) is 9.80. The van der Waals surface area contributed by atoms with E-state index in [2.05, 4.69) is 45.0 Å². The third-order valence-electron chi connectivity index (χ3n) is 2.85. The first-order valence-corrected chi connectivity index (χ1v) is 5.53. The number of nitrogens with zero attached hydrogens (tertiary/aromatic N) is 1. The Morgan fingerprint density at radius 2 is 2.14 bits per heavy atom. The number of aliphatic imine (C=N–C) groups is 1. The molecular weight excluding hydrogens is 170 g/mol. The van der Waals surface area contributed by atoms with Crippen LogP contribution >= 0.6 is 0 Å². The van der Waals surface area contributed by atoms with Crippen LogP contribution < -0.4 is 0 Å². The highest BCUT2D eigenvalue weighted by atomic mass is 14.7. The van der Waals surface area contributed by atoms with Crippen molar-refractivity contribution in [3.8, 4) is 0 Å². The maximum atomic E-state index is 4.44. The first-order valence-electron chi connectivity index (χ1n) is 5.53. The molecule has 1 heteroatoms. The Morgan fingerprint density at radius 1 is 1.43 bits per heavy atom. The first-order chi connectivity index (χ1) is 6.66. The van der Waals surface area contributed by atoms with Crippen molar-refractivity contribution in [1.82, 2.24) is 0 Å². The molecular formula is C13H21N. The van der Waals surface area contributed by atoms with E-state index in [-0.39, 0.29) is 0 Å². The smallest absolute Gasteiger partial charge is 0.0392 e. The molecule has 0 saturated carbocycles. The predicted octanol–water partition coefficient (Wildman–Crippen LogP) is 3.77. The minimum Gasteiger partial charge on any atom is -0.293 e. The standard InChI is InChI=1S/C13H21N/c1-5-12-7-6-8-14-9-13(10(2)3)11(12)4/h5,9-10H,6-8H2,1-4H3/b12-5+,13-11+,14-9+. The lowest BCUT2D eigenvalue weighted by atomic mass is 9.91. The topological polar surface area (TPSA) is 12.4 Å². The molecule has 1 rings (SSSR count). The monoisotopic (exact) mass is 191 g/mol. The summed E-state index contributed by atoms with van der Waals surface area (Å²) < 4.78 is 0. The van der Waals surface area contributed by atoms with Crippen LogP contribution in [0, 0.1) is 5.92 Å². The van der Waals surface area contributed by atoms with Crippen molar-refractivity contribution in [2.24, 2.45) is 10.9 Å². The van der Waals surface area contributed by atoms with Gasteiger partial charge in [-0.1, -0.05) is 19.9 Å².